The zero-order valence-corrected chi connectivity index (χ0v) is 22.5. The highest BCUT2D eigenvalue weighted by molar-refractivity contribution is 6.42. The number of nitrogens with one attached hydrogen (secondary N) is 1. The number of carbonyl (C=O) groups is 2. The topological polar surface area (TPSA) is 71.0 Å². The molecule has 0 saturated heterocycles. The number of halogens is 3. The molecule has 1 heterocycles. The Morgan fingerprint density at radius 1 is 0.872 bits per heavy atom. The van der Waals surface area contributed by atoms with Crippen molar-refractivity contribution >= 4 is 69.8 Å². The molecule has 1 aliphatic rings. The van der Waals surface area contributed by atoms with E-state index < -0.39 is 5.91 Å². The van der Waals surface area contributed by atoms with E-state index in [1.165, 1.54) is 5.01 Å². The lowest BCUT2D eigenvalue weighted by Crippen LogP contribution is -2.21. The van der Waals surface area contributed by atoms with Gasteiger partial charge >= 0.3 is 0 Å². The number of benzene rings is 4. The Morgan fingerprint density at radius 2 is 1.59 bits per heavy atom. The normalized spacial score (nSPS) is 13.9. The van der Waals surface area contributed by atoms with Crippen molar-refractivity contribution in [3.63, 3.8) is 0 Å². The van der Waals surface area contributed by atoms with E-state index in [4.69, 9.17) is 39.5 Å². The number of para-hydroxylation sites is 1. The lowest BCUT2D eigenvalue weighted by Gasteiger charge is -2.12. The van der Waals surface area contributed by atoms with Gasteiger partial charge in [-0.25, -0.2) is 0 Å². The van der Waals surface area contributed by atoms with Crippen molar-refractivity contribution < 1.29 is 14.3 Å². The van der Waals surface area contributed by atoms with Gasteiger partial charge in [0.1, 0.15) is 11.5 Å². The second-order valence-electron chi connectivity index (χ2n) is 8.47. The van der Waals surface area contributed by atoms with E-state index in [2.05, 4.69) is 10.4 Å². The largest absolute Gasteiger partial charge is 0.483 e. The van der Waals surface area contributed by atoms with E-state index in [9.17, 15) is 9.59 Å². The first kappa shape index (κ1) is 26.5. The molecule has 1 N–H and O–H groups in total. The van der Waals surface area contributed by atoms with Gasteiger partial charge in [0.15, 0.2) is 6.61 Å². The average Bonchev–Trinajstić information content (AvgIpc) is 3.27. The Bertz CT molecular complexity index is 1610. The third-order valence-corrected chi connectivity index (χ3v) is 6.73. The molecule has 1 aliphatic heterocycles. The van der Waals surface area contributed by atoms with Gasteiger partial charge in [0.05, 0.1) is 21.3 Å². The summed E-state index contributed by atoms with van der Waals surface area (Å²) < 4.78 is 5.84. The van der Waals surface area contributed by atoms with Crippen LogP contribution in [-0.4, -0.2) is 24.1 Å². The zero-order valence-electron chi connectivity index (χ0n) is 20.3. The summed E-state index contributed by atoms with van der Waals surface area (Å²) in [5.74, 6) is -0.335. The minimum atomic E-state index is -0.402. The van der Waals surface area contributed by atoms with Crippen LogP contribution >= 0.6 is 34.8 Å². The molecule has 9 heteroatoms. The minimum absolute atomic E-state index is 0.290. The van der Waals surface area contributed by atoms with Crippen LogP contribution in [0.4, 0.5) is 11.4 Å². The van der Waals surface area contributed by atoms with Crippen LogP contribution in [0.5, 0.6) is 5.75 Å². The van der Waals surface area contributed by atoms with Gasteiger partial charge in [-0.3, -0.25) is 9.59 Å². The molecule has 0 spiro atoms. The van der Waals surface area contributed by atoms with Crippen LogP contribution in [0.2, 0.25) is 15.1 Å². The van der Waals surface area contributed by atoms with Crippen molar-refractivity contribution in [2.45, 2.75) is 0 Å². The number of amides is 2. The Hall–Kier alpha value is -4.10. The van der Waals surface area contributed by atoms with Crippen molar-refractivity contribution in [2.75, 3.05) is 16.9 Å². The second-order valence-corrected chi connectivity index (χ2v) is 9.72. The van der Waals surface area contributed by atoms with E-state index in [1.807, 2.05) is 60.7 Å². The molecule has 5 rings (SSSR count). The SMILES string of the molecule is O=C(COc1ccc(Cl)cc1/C=C1\C(=O)N(c2ccccc2)N=C1c1ccccc1)Nc1ccc(Cl)c(Cl)c1. The molecule has 0 fully saturated rings. The van der Waals surface area contributed by atoms with Gasteiger partial charge in [-0.1, -0.05) is 83.3 Å². The molecule has 0 unspecified atom stereocenters. The maximum Gasteiger partial charge on any atom is 0.281 e. The van der Waals surface area contributed by atoms with Gasteiger partial charge in [0.2, 0.25) is 0 Å². The Kier molecular flexibility index (Phi) is 7.98. The predicted octanol–water partition coefficient (Wildman–Crippen LogP) is 7.50. The van der Waals surface area contributed by atoms with Crippen LogP contribution in [0, 0.1) is 0 Å². The highest BCUT2D eigenvalue weighted by Crippen LogP contribution is 2.31. The van der Waals surface area contributed by atoms with Gasteiger partial charge in [-0.2, -0.15) is 10.1 Å². The standard InChI is InChI=1S/C30H20Cl3N3O3/c31-21-11-14-27(39-18-28(37)34-22-12-13-25(32)26(33)17-22)20(15-21)16-24-29(19-7-3-1-4-8-19)35-36(30(24)38)23-9-5-2-6-10-23/h1-17H,18H2,(H,34,37)/b24-16-. The van der Waals surface area contributed by atoms with Crippen LogP contribution in [0.15, 0.2) is 108 Å². The van der Waals surface area contributed by atoms with E-state index in [0.717, 1.165) is 5.56 Å². The minimum Gasteiger partial charge on any atom is -0.483 e. The van der Waals surface area contributed by atoms with E-state index in [-0.39, 0.29) is 12.5 Å². The van der Waals surface area contributed by atoms with Crippen molar-refractivity contribution in [2.24, 2.45) is 5.10 Å². The van der Waals surface area contributed by atoms with Crippen LogP contribution < -0.4 is 15.1 Å². The maximum absolute atomic E-state index is 13.6. The third kappa shape index (κ3) is 6.15. The van der Waals surface area contributed by atoms with Crippen LogP contribution in [0.1, 0.15) is 11.1 Å². The first-order valence-corrected chi connectivity index (χ1v) is 13.0. The molecule has 194 valence electrons. The van der Waals surface area contributed by atoms with Crippen LogP contribution in [-0.2, 0) is 9.59 Å². The summed E-state index contributed by atoms with van der Waals surface area (Å²) in [6.07, 6.45) is 1.68. The van der Waals surface area contributed by atoms with Gasteiger partial charge < -0.3 is 10.1 Å². The van der Waals surface area contributed by atoms with Crippen molar-refractivity contribution in [1.29, 1.82) is 0 Å². The number of carbonyl (C=O) groups excluding carboxylic acids is 2. The van der Waals surface area contributed by atoms with E-state index in [0.29, 0.717) is 49.0 Å². The highest BCUT2D eigenvalue weighted by atomic mass is 35.5. The van der Waals surface area contributed by atoms with Gasteiger partial charge in [-0.05, 0) is 54.6 Å². The smallest absolute Gasteiger partial charge is 0.281 e. The number of hydrogen-bond donors (Lipinski definition) is 1. The molecule has 0 aromatic heterocycles. The van der Waals surface area contributed by atoms with Crippen molar-refractivity contribution in [3.8, 4) is 5.75 Å². The number of anilines is 2. The quantitative estimate of drug-likeness (QED) is 0.232. The summed E-state index contributed by atoms with van der Waals surface area (Å²) in [7, 11) is 0. The number of hydrazone groups is 1. The van der Waals surface area contributed by atoms with E-state index in [1.54, 1.807) is 42.5 Å². The maximum atomic E-state index is 13.6. The second kappa shape index (κ2) is 11.7. The van der Waals surface area contributed by atoms with E-state index >= 15 is 0 Å². The Balaban J connectivity index is 1.44. The van der Waals surface area contributed by atoms with Gasteiger partial charge in [-0.15, -0.1) is 0 Å². The molecule has 0 aliphatic carbocycles. The molecule has 0 atom stereocenters. The first-order chi connectivity index (χ1) is 18.9. The van der Waals surface area contributed by atoms with Gasteiger partial charge in [0.25, 0.3) is 11.8 Å². The molecule has 4 aromatic carbocycles. The summed E-state index contributed by atoms with van der Waals surface area (Å²) in [6, 6.07) is 28.3. The predicted molar refractivity (Wildman–Crippen MR) is 157 cm³/mol. The molecule has 0 saturated carbocycles. The summed E-state index contributed by atoms with van der Waals surface area (Å²) in [6.45, 7) is -0.290. The van der Waals surface area contributed by atoms with Crippen molar-refractivity contribution in [3.05, 3.63) is 129 Å². The first-order valence-electron chi connectivity index (χ1n) is 11.8. The average molecular weight is 577 g/mol. The number of nitrogens with zero attached hydrogens (tertiary/aromatic N) is 2. The monoisotopic (exact) mass is 575 g/mol. The molecule has 39 heavy (non-hydrogen) atoms. The fourth-order valence-electron chi connectivity index (χ4n) is 3.93. The molecule has 0 bridgehead atoms. The van der Waals surface area contributed by atoms with Gasteiger partial charge in [0, 0.05) is 21.8 Å². The fourth-order valence-corrected chi connectivity index (χ4v) is 4.41. The number of rotatable bonds is 7. The Morgan fingerprint density at radius 3 is 2.31 bits per heavy atom. The molecule has 6 nitrogen and oxygen atoms in total. The summed E-state index contributed by atoms with van der Waals surface area (Å²) in [4.78, 5) is 26.2. The lowest BCUT2D eigenvalue weighted by molar-refractivity contribution is -0.118. The summed E-state index contributed by atoms with van der Waals surface area (Å²) >= 11 is 18.3. The summed E-state index contributed by atoms with van der Waals surface area (Å²) in [5.41, 5.74) is 3.29. The number of hydrogen-bond acceptors (Lipinski definition) is 4. The zero-order chi connectivity index (χ0) is 27.4. The van der Waals surface area contributed by atoms with Crippen LogP contribution in [0.3, 0.4) is 0 Å². The summed E-state index contributed by atoms with van der Waals surface area (Å²) in [5, 5.41) is 9.88. The molecular weight excluding hydrogens is 557 g/mol. The highest BCUT2D eigenvalue weighted by Gasteiger charge is 2.32. The van der Waals surface area contributed by atoms with Crippen LogP contribution in [0.25, 0.3) is 6.08 Å². The lowest BCUT2D eigenvalue weighted by atomic mass is 10.00. The molecule has 0 radical (unpaired) electrons. The number of ether oxygens (including phenoxy) is 1. The fraction of sp³-hybridized carbons (Fsp3) is 0.0333. The third-order valence-electron chi connectivity index (χ3n) is 5.76. The molecular formula is C30H20Cl3N3O3. The van der Waals surface area contributed by atoms with Crippen molar-refractivity contribution in [1.82, 2.24) is 0 Å². The molecule has 4 aromatic rings. The Labute approximate surface area is 240 Å². The molecule has 2 amide bonds.